The van der Waals surface area contributed by atoms with Crippen molar-refractivity contribution in [2.24, 2.45) is 0 Å². The number of hydrogen-bond acceptors (Lipinski definition) is 8. The average molecular weight is 569 g/mol. The molecule has 1 heterocycles. The second-order valence-electron chi connectivity index (χ2n) is 10.0. The minimum atomic E-state index is 0.620. The molecule has 0 radical (unpaired) electrons. The molecule has 2 aromatic carbocycles. The molecule has 1 fully saturated rings. The molecule has 226 valence electrons. The Labute approximate surface area is 246 Å². The van der Waals surface area contributed by atoms with Crippen LogP contribution >= 0.6 is 0 Å². The maximum absolute atomic E-state index is 5.46. The number of unbranched alkanes of at least 4 members (excludes halogenated alkanes) is 2. The van der Waals surface area contributed by atoms with Crippen molar-refractivity contribution in [3.05, 3.63) is 47.5 Å². The maximum Gasteiger partial charge on any atom is 0.203 e. The SMILES string of the molecule is COc1cc(/C=C/CCCN2CCCN(CCC/C=C/c3cc(OC)c(OC)c(OC)c3)CC2)cc(OC)c1OC. The van der Waals surface area contributed by atoms with Gasteiger partial charge in [0.15, 0.2) is 23.0 Å². The molecular weight excluding hydrogens is 520 g/mol. The van der Waals surface area contributed by atoms with Crippen LogP contribution in [0.5, 0.6) is 34.5 Å². The quantitative estimate of drug-likeness (QED) is 0.228. The van der Waals surface area contributed by atoms with E-state index in [9.17, 15) is 0 Å². The predicted molar refractivity (Wildman–Crippen MR) is 166 cm³/mol. The highest BCUT2D eigenvalue weighted by atomic mass is 16.5. The molecule has 3 rings (SSSR count). The highest BCUT2D eigenvalue weighted by Crippen LogP contribution is 2.39. The molecule has 0 aromatic heterocycles. The van der Waals surface area contributed by atoms with Gasteiger partial charge >= 0.3 is 0 Å². The summed E-state index contributed by atoms with van der Waals surface area (Å²) in [7, 11) is 9.81. The number of methoxy groups -OCH3 is 6. The molecule has 0 N–H and O–H groups in total. The standard InChI is InChI=1S/C33H48N2O6/c1-36-28-22-26(23-29(37-2)32(28)40-5)14-9-7-11-16-34-18-13-19-35(21-20-34)17-12-8-10-15-27-24-30(38-3)33(41-6)31(25-27)39-4/h9-10,14-15,22-25H,7-8,11-13,16-21H2,1-6H3/b14-9+,15-10+. The molecule has 8 nitrogen and oxygen atoms in total. The fraction of sp³-hybridized carbons (Fsp3) is 0.515. The van der Waals surface area contributed by atoms with Gasteiger partial charge < -0.3 is 38.2 Å². The third kappa shape index (κ3) is 9.61. The van der Waals surface area contributed by atoms with Crippen molar-refractivity contribution in [2.75, 3.05) is 81.9 Å². The van der Waals surface area contributed by atoms with E-state index in [1.807, 2.05) is 24.3 Å². The van der Waals surface area contributed by atoms with Crippen molar-refractivity contribution in [1.29, 1.82) is 0 Å². The van der Waals surface area contributed by atoms with Gasteiger partial charge in [0.1, 0.15) is 0 Å². The zero-order chi connectivity index (χ0) is 29.5. The molecule has 0 aliphatic carbocycles. The largest absolute Gasteiger partial charge is 0.493 e. The second-order valence-corrected chi connectivity index (χ2v) is 10.0. The van der Waals surface area contributed by atoms with Crippen molar-refractivity contribution in [3.63, 3.8) is 0 Å². The second kappa shape index (κ2) is 17.5. The summed E-state index contributed by atoms with van der Waals surface area (Å²) in [6, 6.07) is 7.91. The van der Waals surface area contributed by atoms with E-state index in [4.69, 9.17) is 28.4 Å². The zero-order valence-corrected chi connectivity index (χ0v) is 25.7. The van der Waals surface area contributed by atoms with Crippen LogP contribution in [0.25, 0.3) is 12.2 Å². The van der Waals surface area contributed by atoms with Crippen LogP contribution < -0.4 is 28.4 Å². The Balaban J connectivity index is 1.37. The van der Waals surface area contributed by atoms with Gasteiger partial charge in [0.2, 0.25) is 11.5 Å². The van der Waals surface area contributed by atoms with Gasteiger partial charge in [0, 0.05) is 13.1 Å². The van der Waals surface area contributed by atoms with Crippen LogP contribution in [0.15, 0.2) is 36.4 Å². The van der Waals surface area contributed by atoms with Crippen LogP contribution in [0.3, 0.4) is 0 Å². The van der Waals surface area contributed by atoms with Gasteiger partial charge in [-0.05, 0) is 93.7 Å². The Morgan fingerprint density at radius 2 is 0.902 bits per heavy atom. The van der Waals surface area contributed by atoms with Crippen LogP contribution in [0.1, 0.15) is 43.2 Å². The average Bonchev–Trinajstić information content (AvgIpc) is 3.24. The fourth-order valence-corrected chi connectivity index (χ4v) is 5.17. The summed E-state index contributed by atoms with van der Waals surface area (Å²) in [5.74, 6) is 3.94. The maximum atomic E-state index is 5.46. The predicted octanol–water partition coefficient (Wildman–Crippen LogP) is 6.03. The normalized spacial score (nSPS) is 14.8. The minimum absolute atomic E-state index is 0.620. The van der Waals surface area contributed by atoms with Gasteiger partial charge in [-0.2, -0.15) is 0 Å². The van der Waals surface area contributed by atoms with Gasteiger partial charge in [-0.25, -0.2) is 0 Å². The van der Waals surface area contributed by atoms with Crippen molar-refractivity contribution in [2.45, 2.75) is 32.1 Å². The van der Waals surface area contributed by atoms with Crippen LogP contribution in [-0.4, -0.2) is 91.7 Å². The molecule has 1 saturated heterocycles. The Hall–Kier alpha value is -3.36. The summed E-state index contributed by atoms with van der Waals surface area (Å²) in [6.07, 6.45) is 14.3. The van der Waals surface area contributed by atoms with Crippen LogP contribution in [0.4, 0.5) is 0 Å². The highest BCUT2D eigenvalue weighted by molar-refractivity contribution is 5.63. The van der Waals surface area contributed by atoms with Crippen molar-refractivity contribution in [1.82, 2.24) is 9.80 Å². The summed E-state index contributed by atoms with van der Waals surface area (Å²) in [5.41, 5.74) is 2.09. The summed E-state index contributed by atoms with van der Waals surface area (Å²) >= 11 is 0. The summed E-state index contributed by atoms with van der Waals surface area (Å²) in [4.78, 5) is 5.22. The summed E-state index contributed by atoms with van der Waals surface area (Å²) < 4.78 is 32.7. The van der Waals surface area contributed by atoms with E-state index >= 15 is 0 Å². The van der Waals surface area contributed by atoms with Crippen LogP contribution in [0.2, 0.25) is 0 Å². The molecule has 0 saturated carbocycles. The van der Waals surface area contributed by atoms with Gasteiger partial charge in [-0.3, -0.25) is 0 Å². The monoisotopic (exact) mass is 568 g/mol. The molecule has 0 atom stereocenters. The molecule has 0 amide bonds. The first-order valence-corrected chi connectivity index (χ1v) is 14.4. The van der Waals surface area contributed by atoms with Crippen molar-refractivity contribution < 1.29 is 28.4 Å². The number of rotatable bonds is 16. The van der Waals surface area contributed by atoms with E-state index in [1.54, 1.807) is 42.7 Å². The van der Waals surface area contributed by atoms with E-state index in [0.717, 1.165) is 63.0 Å². The molecule has 2 aromatic rings. The fourth-order valence-electron chi connectivity index (χ4n) is 5.17. The first-order valence-electron chi connectivity index (χ1n) is 14.4. The van der Waals surface area contributed by atoms with Gasteiger partial charge in [0.25, 0.3) is 0 Å². The Morgan fingerprint density at radius 3 is 1.22 bits per heavy atom. The molecule has 41 heavy (non-hydrogen) atoms. The zero-order valence-electron chi connectivity index (χ0n) is 25.7. The third-order valence-corrected chi connectivity index (χ3v) is 7.37. The number of hydrogen-bond donors (Lipinski definition) is 0. The summed E-state index contributed by atoms with van der Waals surface area (Å²) in [6.45, 7) is 6.88. The Bertz CT molecular complexity index is 995. The number of nitrogens with zero attached hydrogens (tertiary/aromatic N) is 2. The molecule has 0 spiro atoms. The van der Waals surface area contributed by atoms with E-state index in [0.29, 0.717) is 34.5 Å². The lowest BCUT2D eigenvalue weighted by Gasteiger charge is -2.21. The molecule has 1 aliphatic rings. The summed E-state index contributed by atoms with van der Waals surface area (Å²) in [5, 5.41) is 0. The van der Waals surface area contributed by atoms with Gasteiger partial charge in [-0.1, -0.05) is 24.3 Å². The van der Waals surface area contributed by atoms with Crippen molar-refractivity contribution >= 4 is 12.2 Å². The first-order chi connectivity index (χ1) is 20.1. The first kappa shape index (κ1) is 32.2. The molecule has 0 unspecified atom stereocenters. The van der Waals surface area contributed by atoms with E-state index in [2.05, 4.69) is 34.1 Å². The van der Waals surface area contributed by atoms with Crippen LogP contribution in [-0.2, 0) is 0 Å². The Kier molecular flexibility index (Phi) is 13.7. The van der Waals surface area contributed by atoms with E-state index < -0.39 is 0 Å². The highest BCUT2D eigenvalue weighted by Gasteiger charge is 2.15. The van der Waals surface area contributed by atoms with Gasteiger partial charge in [0.05, 0.1) is 42.7 Å². The lowest BCUT2D eigenvalue weighted by atomic mass is 10.1. The molecule has 0 bridgehead atoms. The topological polar surface area (TPSA) is 61.9 Å². The van der Waals surface area contributed by atoms with Crippen molar-refractivity contribution in [3.8, 4) is 34.5 Å². The van der Waals surface area contributed by atoms with Gasteiger partial charge in [-0.15, -0.1) is 0 Å². The lowest BCUT2D eigenvalue weighted by molar-refractivity contribution is 0.254. The molecule has 1 aliphatic heterocycles. The van der Waals surface area contributed by atoms with Crippen LogP contribution in [0, 0.1) is 0 Å². The number of ether oxygens (including phenoxy) is 6. The molecule has 8 heteroatoms. The van der Waals surface area contributed by atoms with E-state index in [-0.39, 0.29) is 0 Å². The molecular formula is C33H48N2O6. The lowest BCUT2D eigenvalue weighted by Crippen LogP contribution is -2.31. The number of allylic oxidation sites excluding steroid dienone is 2. The minimum Gasteiger partial charge on any atom is -0.493 e. The Morgan fingerprint density at radius 1 is 0.537 bits per heavy atom. The third-order valence-electron chi connectivity index (χ3n) is 7.37. The number of benzene rings is 2. The smallest absolute Gasteiger partial charge is 0.203 e. The van der Waals surface area contributed by atoms with E-state index in [1.165, 1.54) is 19.5 Å².